The third-order valence-corrected chi connectivity index (χ3v) is 10.1. The lowest BCUT2D eigenvalue weighted by Gasteiger charge is -2.62. The predicted octanol–water partition coefficient (Wildman–Crippen LogP) is 5.18. The normalized spacial score (nSPS) is 44.5. The van der Waals surface area contributed by atoms with Gasteiger partial charge >= 0.3 is 5.97 Å². The first-order valence-electron chi connectivity index (χ1n) is 12.7. The van der Waals surface area contributed by atoms with E-state index in [1.54, 1.807) is 13.8 Å². The van der Waals surface area contributed by atoms with Crippen LogP contribution in [0.5, 0.6) is 0 Å². The van der Waals surface area contributed by atoms with Crippen molar-refractivity contribution >= 4 is 29.1 Å². The number of alkyl halides is 2. The zero-order valence-corrected chi connectivity index (χ0v) is 21.6. The molecule has 0 radical (unpaired) electrons. The molecule has 4 rings (SSSR count). The van der Waals surface area contributed by atoms with Crippen LogP contribution < -0.4 is 0 Å². The fraction of sp³-hybridized carbons (Fsp3) is 0.741. The van der Waals surface area contributed by atoms with E-state index in [0.717, 1.165) is 12.5 Å². The molecule has 0 aromatic heterocycles. The summed E-state index contributed by atoms with van der Waals surface area (Å²) in [5, 5.41) is 11.5. The molecule has 0 aliphatic heterocycles. The van der Waals surface area contributed by atoms with Crippen molar-refractivity contribution in [3.8, 4) is 0 Å². The Kier molecular flexibility index (Phi) is 6.62. The highest BCUT2D eigenvalue weighted by Gasteiger charge is 2.77. The van der Waals surface area contributed by atoms with Gasteiger partial charge in [0, 0.05) is 29.1 Å². The third-order valence-electron chi connectivity index (χ3n) is 9.82. The Balaban J connectivity index is 1.82. The van der Waals surface area contributed by atoms with E-state index in [1.807, 2.05) is 13.8 Å². The van der Waals surface area contributed by atoms with Crippen molar-refractivity contribution in [3.05, 3.63) is 23.6 Å². The van der Waals surface area contributed by atoms with Crippen molar-refractivity contribution in [1.82, 2.24) is 0 Å². The molecular weight excluding hydrogens is 478 g/mol. The van der Waals surface area contributed by atoms with E-state index in [9.17, 15) is 23.9 Å². The van der Waals surface area contributed by atoms with Crippen LogP contribution in [0.4, 0.5) is 8.78 Å². The van der Waals surface area contributed by atoms with Crippen LogP contribution in [0.2, 0.25) is 0 Å². The SMILES string of the molecule is CCCCC(=O)O[C@]1(C(=O)CCl)C(C)C[C@H]2[C@@H]3CCC4=C(F)C(=O)C=C[C@]4(C)[C@@]3(F)C(O)C[C@@]21C. The molecule has 5 nitrogen and oxygen atoms in total. The number of carbonyl (C=O) groups is 3. The average Bonchev–Trinajstić information content (AvgIpc) is 3.03. The molecular formula is C27H35ClF2O5. The van der Waals surface area contributed by atoms with E-state index in [0.29, 0.717) is 12.8 Å². The van der Waals surface area contributed by atoms with Crippen molar-refractivity contribution in [2.75, 3.05) is 5.88 Å². The van der Waals surface area contributed by atoms with E-state index in [-0.39, 0.29) is 37.1 Å². The zero-order valence-electron chi connectivity index (χ0n) is 20.8. The van der Waals surface area contributed by atoms with Gasteiger partial charge in [-0.25, -0.2) is 8.78 Å². The molecule has 0 aromatic carbocycles. The molecule has 4 aliphatic carbocycles. The van der Waals surface area contributed by atoms with Crippen molar-refractivity contribution in [2.45, 2.75) is 90.0 Å². The Bertz CT molecular complexity index is 1010. The third kappa shape index (κ3) is 3.29. The van der Waals surface area contributed by atoms with Crippen LogP contribution in [-0.2, 0) is 19.1 Å². The van der Waals surface area contributed by atoms with Gasteiger partial charge in [0.2, 0.25) is 5.78 Å². The van der Waals surface area contributed by atoms with Crippen molar-refractivity contribution in [3.63, 3.8) is 0 Å². The second kappa shape index (κ2) is 8.76. The van der Waals surface area contributed by atoms with E-state index in [4.69, 9.17) is 16.3 Å². The molecule has 3 saturated carbocycles. The Morgan fingerprint density at radius 1 is 1.29 bits per heavy atom. The largest absolute Gasteiger partial charge is 0.450 e. The van der Waals surface area contributed by atoms with Crippen LogP contribution in [0, 0.1) is 28.6 Å². The molecule has 2 unspecified atom stereocenters. The summed E-state index contributed by atoms with van der Waals surface area (Å²) in [6.45, 7) is 7.12. The van der Waals surface area contributed by atoms with Gasteiger partial charge in [-0.2, -0.15) is 0 Å². The number of rotatable bonds is 6. The minimum Gasteiger partial charge on any atom is -0.450 e. The number of aliphatic hydroxyl groups excluding tert-OH is 1. The number of hydrogen-bond donors (Lipinski definition) is 1. The van der Waals surface area contributed by atoms with E-state index in [1.165, 1.54) is 6.08 Å². The van der Waals surface area contributed by atoms with Crippen molar-refractivity contribution in [1.29, 1.82) is 0 Å². The average molecular weight is 513 g/mol. The number of halogens is 3. The number of Topliss-reactive ketones (excluding diaryl/α,β-unsaturated/α-hetero) is 1. The molecule has 8 atom stereocenters. The topological polar surface area (TPSA) is 80.7 Å². The summed E-state index contributed by atoms with van der Waals surface area (Å²) in [5.74, 6) is -4.59. The lowest BCUT2D eigenvalue weighted by molar-refractivity contribution is -0.227. The van der Waals surface area contributed by atoms with Gasteiger partial charge in [-0.15, -0.1) is 11.6 Å². The second-order valence-electron chi connectivity index (χ2n) is 11.4. The van der Waals surface area contributed by atoms with E-state index in [2.05, 4.69) is 0 Å². The molecule has 194 valence electrons. The lowest BCUT2D eigenvalue weighted by Crippen LogP contribution is -2.70. The highest BCUT2D eigenvalue weighted by atomic mass is 35.5. The number of aliphatic hydroxyl groups is 1. The van der Waals surface area contributed by atoms with Crippen LogP contribution in [-0.4, -0.2) is 45.9 Å². The minimum absolute atomic E-state index is 0.0894. The van der Waals surface area contributed by atoms with Crippen LogP contribution >= 0.6 is 11.6 Å². The molecule has 0 saturated heterocycles. The molecule has 35 heavy (non-hydrogen) atoms. The Labute approximate surface area is 210 Å². The summed E-state index contributed by atoms with van der Waals surface area (Å²) >= 11 is 6.05. The monoisotopic (exact) mass is 512 g/mol. The molecule has 1 N–H and O–H groups in total. The van der Waals surface area contributed by atoms with Crippen LogP contribution in [0.25, 0.3) is 0 Å². The highest BCUT2D eigenvalue weighted by molar-refractivity contribution is 6.29. The van der Waals surface area contributed by atoms with E-state index >= 15 is 4.39 Å². The van der Waals surface area contributed by atoms with Crippen LogP contribution in [0.3, 0.4) is 0 Å². The van der Waals surface area contributed by atoms with Gasteiger partial charge in [-0.05, 0) is 56.6 Å². The van der Waals surface area contributed by atoms with Gasteiger partial charge in [0.25, 0.3) is 0 Å². The fourth-order valence-corrected chi connectivity index (χ4v) is 8.33. The second-order valence-corrected chi connectivity index (χ2v) is 11.6. The summed E-state index contributed by atoms with van der Waals surface area (Å²) in [5.41, 5.74) is -6.27. The summed E-state index contributed by atoms with van der Waals surface area (Å²) in [4.78, 5) is 38.3. The minimum atomic E-state index is -2.24. The standard InChI is InChI=1S/C27H35ClF2O5/c1-5-6-7-22(34)35-27(21(33)14-28)15(2)12-18-16-8-9-17-23(29)19(31)10-11-24(17,3)26(16,30)20(32)13-25(18,27)4/h10-11,15-16,18,20,32H,5-9,12-14H2,1-4H3/t15?,16-,18-,20?,24-,25-,26-,27-/m0/s1. The van der Waals surface area contributed by atoms with Gasteiger partial charge in [0.05, 0.1) is 12.0 Å². The maximum atomic E-state index is 17.3. The number of unbranched alkanes of at least 4 members (excludes halogenated alkanes) is 1. The van der Waals surface area contributed by atoms with Gasteiger partial charge in [0.1, 0.15) is 0 Å². The molecule has 0 amide bonds. The Morgan fingerprint density at radius 3 is 2.60 bits per heavy atom. The Hall–Kier alpha value is -1.60. The summed E-state index contributed by atoms with van der Waals surface area (Å²) in [7, 11) is 0. The van der Waals surface area contributed by atoms with Crippen LogP contribution in [0.1, 0.15) is 72.6 Å². The number of fused-ring (bicyclic) bond motifs is 5. The number of allylic oxidation sites excluding steroid dienone is 4. The van der Waals surface area contributed by atoms with Crippen LogP contribution in [0.15, 0.2) is 23.6 Å². The molecule has 0 heterocycles. The molecule has 3 fully saturated rings. The van der Waals surface area contributed by atoms with E-state index < -0.39 is 69.3 Å². The summed E-state index contributed by atoms with van der Waals surface area (Å²) in [6.07, 6.45) is 3.09. The van der Waals surface area contributed by atoms with Gasteiger partial charge < -0.3 is 9.84 Å². The first-order chi connectivity index (χ1) is 16.3. The molecule has 4 aliphatic rings. The fourth-order valence-electron chi connectivity index (χ4n) is 8.13. The maximum absolute atomic E-state index is 17.3. The van der Waals surface area contributed by atoms with Gasteiger partial charge in [0.15, 0.2) is 22.9 Å². The smallest absolute Gasteiger partial charge is 0.306 e. The highest BCUT2D eigenvalue weighted by Crippen LogP contribution is 2.71. The lowest BCUT2D eigenvalue weighted by atomic mass is 9.44. The van der Waals surface area contributed by atoms with Crippen molar-refractivity contribution in [2.24, 2.45) is 28.6 Å². The number of ether oxygens (including phenoxy) is 1. The zero-order chi connectivity index (χ0) is 26.0. The van der Waals surface area contributed by atoms with Gasteiger partial charge in [-0.3, -0.25) is 14.4 Å². The maximum Gasteiger partial charge on any atom is 0.306 e. The first kappa shape index (κ1) is 26.5. The number of esters is 1. The first-order valence-corrected chi connectivity index (χ1v) is 13.2. The molecule has 0 bridgehead atoms. The van der Waals surface area contributed by atoms with Gasteiger partial charge in [-0.1, -0.05) is 33.3 Å². The Morgan fingerprint density at radius 2 is 1.97 bits per heavy atom. The number of carbonyl (C=O) groups excluding carboxylic acids is 3. The summed E-state index contributed by atoms with van der Waals surface area (Å²) < 4.78 is 38.2. The predicted molar refractivity (Wildman–Crippen MR) is 127 cm³/mol. The van der Waals surface area contributed by atoms with Crippen molar-refractivity contribution < 1.29 is 33.0 Å². The number of hydrogen-bond acceptors (Lipinski definition) is 5. The molecule has 0 spiro atoms. The molecule has 0 aromatic rings. The quantitative estimate of drug-likeness (QED) is 0.392. The summed E-state index contributed by atoms with van der Waals surface area (Å²) in [6, 6.07) is 0. The number of ketones is 2. The molecule has 8 heteroatoms.